The van der Waals surface area contributed by atoms with Crippen molar-refractivity contribution >= 4 is 17.5 Å². The summed E-state index contributed by atoms with van der Waals surface area (Å²) in [7, 11) is 3.15. The van der Waals surface area contributed by atoms with Crippen LogP contribution in [0.2, 0.25) is 5.02 Å². The summed E-state index contributed by atoms with van der Waals surface area (Å²) in [5.74, 6) is 1.85. The number of aryl methyl sites for hydroxylation is 1. The minimum atomic E-state index is -0.266. The number of anilines is 1. The maximum absolute atomic E-state index is 14.8. The monoisotopic (exact) mass is 418 g/mol. The number of unbranched alkanes of at least 4 members (excludes halogenated alkanes) is 1. The highest BCUT2D eigenvalue weighted by atomic mass is 35.5. The number of benzene rings is 2. The summed E-state index contributed by atoms with van der Waals surface area (Å²) < 4.78 is 25.3. The van der Waals surface area contributed by atoms with E-state index in [-0.39, 0.29) is 12.4 Å². The lowest BCUT2D eigenvalue weighted by Gasteiger charge is -2.11. The number of ether oxygens (including phenoxy) is 2. The van der Waals surface area contributed by atoms with E-state index in [2.05, 4.69) is 27.4 Å². The van der Waals surface area contributed by atoms with Crippen molar-refractivity contribution in [2.24, 2.45) is 0 Å². The Morgan fingerprint density at radius 3 is 2.66 bits per heavy atom. The molecule has 0 aliphatic carbocycles. The Morgan fingerprint density at radius 2 is 1.93 bits per heavy atom. The zero-order chi connectivity index (χ0) is 20.8. The lowest BCUT2D eigenvalue weighted by molar-refractivity contribution is 0.355. The van der Waals surface area contributed by atoms with E-state index in [1.807, 2.05) is 6.07 Å². The number of halogens is 2. The van der Waals surface area contributed by atoms with Crippen LogP contribution in [-0.4, -0.2) is 29.4 Å². The van der Waals surface area contributed by atoms with Crippen molar-refractivity contribution in [1.29, 1.82) is 0 Å². The largest absolute Gasteiger partial charge is 0.493 e. The molecule has 3 aromatic rings. The van der Waals surface area contributed by atoms with Crippen LogP contribution in [0.15, 0.2) is 30.3 Å². The third kappa shape index (κ3) is 4.79. The molecule has 0 unspecified atom stereocenters. The Balaban J connectivity index is 1.75. The molecule has 0 amide bonds. The molecule has 8 heteroatoms. The topological polar surface area (TPSA) is 72.1 Å². The van der Waals surface area contributed by atoms with Gasteiger partial charge in [0, 0.05) is 22.7 Å². The number of nitrogens with one attached hydrogen (secondary N) is 2. The van der Waals surface area contributed by atoms with Crippen LogP contribution in [0, 0.1) is 5.82 Å². The first kappa shape index (κ1) is 20.9. The number of nitrogens with zero attached hydrogens (tertiary/aromatic N) is 2. The number of rotatable bonds is 9. The summed E-state index contributed by atoms with van der Waals surface area (Å²) in [6.07, 6.45) is 2.63. The van der Waals surface area contributed by atoms with Crippen molar-refractivity contribution in [1.82, 2.24) is 15.2 Å². The summed E-state index contributed by atoms with van der Waals surface area (Å²) in [6, 6.07) is 8.90. The number of aromatic amines is 1. The normalized spacial score (nSPS) is 10.8. The van der Waals surface area contributed by atoms with Gasteiger partial charge in [-0.25, -0.2) is 9.49 Å². The van der Waals surface area contributed by atoms with Crippen molar-refractivity contribution in [3.05, 3.63) is 52.3 Å². The fourth-order valence-corrected chi connectivity index (χ4v) is 3.20. The van der Waals surface area contributed by atoms with Gasteiger partial charge in [0.2, 0.25) is 5.95 Å². The molecular weight excluding hydrogens is 395 g/mol. The second kappa shape index (κ2) is 9.60. The van der Waals surface area contributed by atoms with E-state index in [4.69, 9.17) is 21.1 Å². The van der Waals surface area contributed by atoms with Crippen LogP contribution in [-0.2, 0) is 13.0 Å². The van der Waals surface area contributed by atoms with E-state index in [1.165, 1.54) is 0 Å². The molecule has 6 nitrogen and oxygen atoms in total. The number of aromatic nitrogens is 3. The van der Waals surface area contributed by atoms with Gasteiger partial charge in [-0.3, -0.25) is 0 Å². The molecule has 154 valence electrons. The average Bonchev–Trinajstić information content (AvgIpc) is 3.21. The average molecular weight is 419 g/mol. The van der Waals surface area contributed by atoms with Crippen molar-refractivity contribution in [2.75, 3.05) is 19.5 Å². The maximum Gasteiger partial charge on any atom is 0.219 e. The molecule has 1 aromatic heterocycles. The Hall–Kier alpha value is -2.80. The van der Waals surface area contributed by atoms with Gasteiger partial charge in [0.1, 0.15) is 5.82 Å². The van der Waals surface area contributed by atoms with Gasteiger partial charge < -0.3 is 14.8 Å². The summed E-state index contributed by atoms with van der Waals surface area (Å²) >= 11 is 6.21. The summed E-state index contributed by atoms with van der Waals surface area (Å²) in [6.45, 7) is 2.28. The van der Waals surface area contributed by atoms with E-state index in [0.29, 0.717) is 45.8 Å². The molecular formula is C21H24ClFN4O2. The van der Waals surface area contributed by atoms with E-state index >= 15 is 0 Å². The number of hydrogen-bond donors (Lipinski definition) is 2. The minimum absolute atomic E-state index is 0.200. The molecule has 0 aliphatic heterocycles. The molecule has 0 radical (unpaired) electrons. The SMILES string of the molecule is CCCCc1ccc(Cl)c(CNc2nc(-c3ccc(OC)c(OC)c3)n[nH]2)c1F. The zero-order valence-corrected chi connectivity index (χ0v) is 17.4. The first-order valence-electron chi connectivity index (χ1n) is 9.41. The predicted octanol–water partition coefficient (Wildman–Crippen LogP) is 5.24. The van der Waals surface area contributed by atoms with Gasteiger partial charge in [-0.1, -0.05) is 31.0 Å². The predicted molar refractivity (Wildman–Crippen MR) is 112 cm³/mol. The first-order chi connectivity index (χ1) is 14.1. The first-order valence-corrected chi connectivity index (χ1v) is 9.79. The molecule has 1 heterocycles. The van der Waals surface area contributed by atoms with Gasteiger partial charge in [-0.05, 0) is 42.7 Å². The Morgan fingerprint density at radius 1 is 1.14 bits per heavy atom. The number of H-pyrrole nitrogens is 1. The van der Waals surface area contributed by atoms with Crippen molar-refractivity contribution in [2.45, 2.75) is 32.7 Å². The van der Waals surface area contributed by atoms with Gasteiger partial charge in [0.05, 0.1) is 14.2 Å². The second-order valence-electron chi connectivity index (χ2n) is 6.53. The molecule has 0 fully saturated rings. The van der Waals surface area contributed by atoms with Crippen LogP contribution in [0.25, 0.3) is 11.4 Å². The molecule has 0 spiro atoms. The molecule has 2 aromatic carbocycles. The molecule has 2 N–H and O–H groups in total. The van der Waals surface area contributed by atoms with Gasteiger partial charge >= 0.3 is 0 Å². The highest BCUT2D eigenvalue weighted by Crippen LogP contribution is 2.31. The fourth-order valence-electron chi connectivity index (χ4n) is 2.99. The van der Waals surface area contributed by atoms with E-state index < -0.39 is 0 Å². The Kier molecular flexibility index (Phi) is 6.93. The van der Waals surface area contributed by atoms with Gasteiger partial charge in [0.15, 0.2) is 17.3 Å². The lowest BCUT2D eigenvalue weighted by atomic mass is 10.0. The smallest absolute Gasteiger partial charge is 0.219 e. The molecule has 0 bridgehead atoms. The van der Waals surface area contributed by atoms with Gasteiger partial charge in [-0.2, -0.15) is 10.1 Å². The number of methoxy groups -OCH3 is 2. The Labute approximate surface area is 174 Å². The van der Waals surface area contributed by atoms with E-state index in [9.17, 15) is 4.39 Å². The standard InChI is InChI=1S/C21H24ClFN4O2/c1-4-5-6-13-7-9-16(22)15(19(13)23)12-24-21-25-20(26-27-21)14-8-10-17(28-2)18(11-14)29-3/h7-11H,4-6,12H2,1-3H3,(H2,24,25,26,27). The van der Waals surface area contributed by atoms with E-state index in [1.54, 1.807) is 38.5 Å². The molecule has 0 saturated carbocycles. The van der Waals surface area contributed by atoms with Crippen LogP contribution < -0.4 is 14.8 Å². The Bertz CT molecular complexity index is 977. The summed E-state index contributed by atoms with van der Waals surface area (Å²) in [4.78, 5) is 4.42. The highest BCUT2D eigenvalue weighted by Gasteiger charge is 2.14. The minimum Gasteiger partial charge on any atom is -0.493 e. The van der Waals surface area contributed by atoms with Crippen LogP contribution in [0.3, 0.4) is 0 Å². The quantitative estimate of drug-likeness (QED) is 0.497. The van der Waals surface area contributed by atoms with Crippen LogP contribution in [0.4, 0.5) is 10.3 Å². The highest BCUT2D eigenvalue weighted by molar-refractivity contribution is 6.31. The van der Waals surface area contributed by atoms with Crippen LogP contribution >= 0.6 is 11.6 Å². The molecule has 0 saturated heterocycles. The zero-order valence-electron chi connectivity index (χ0n) is 16.7. The molecule has 0 atom stereocenters. The molecule has 29 heavy (non-hydrogen) atoms. The number of hydrogen-bond acceptors (Lipinski definition) is 5. The van der Waals surface area contributed by atoms with Gasteiger partial charge in [0.25, 0.3) is 0 Å². The fraction of sp³-hybridized carbons (Fsp3) is 0.333. The maximum atomic E-state index is 14.8. The second-order valence-corrected chi connectivity index (χ2v) is 6.94. The third-order valence-electron chi connectivity index (χ3n) is 4.63. The lowest BCUT2D eigenvalue weighted by Crippen LogP contribution is -2.06. The third-order valence-corrected chi connectivity index (χ3v) is 4.98. The van der Waals surface area contributed by atoms with E-state index in [0.717, 1.165) is 18.4 Å². The molecule has 3 rings (SSSR count). The van der Waals surface area contributed by atoms with Gasteiger partial charge in [-0.15, -0.1) is 0 Å². The van der Waals surface area contributed by atoms with Crippen molar-refractivity contribution in [3.8, 4) is 22.9 Å². The van der Waals surface area contributed by atoms with Crippen molar-refractivity contribution < 1.29 is 13.9 Å². The van der Waals surface area contributed by atoms with Crippen molar-refractivity contribution in [3.63, 3.8) is 0 Å². The summed E-state index contributed by atoms with van der Waals surface area (Å²) in [5.41, 5.74) is 1.86. The van der Waals surface area contributed by atoms with Crippen LogP contribution in [0.1, 0.15) is 30.9 Å². The summed E-state index contributed by atoms with van der Waals surface area (Å²) in [5, 5.41) is 10.5. The molecule has 0 aliphatic rings. The van der Waals surface area contributed by atoms with Crippen LogP contribution in [0.5, 0.6) is 11.5 Å².